The van der Waals surface area contributed by atoms with E-state index in [-0.39, 0.29) is 5.41 Å². The Morgan fingerprint density at radius 3 is 2.46 bits per heavy atom. The summed E-state index contributed by atoms with van der Waals surface area (Å²) in [5.41, 5.74) is 0.0882. The number of aliphatic hydroxyl groups is 1. The van der Waals surface area contributed by atoms with Gasteiger partial charge < -0.3 is 15.3 Å². The van der Waals surface area contributed by atoms with Gasteiger partial charge in [0.1, 0.15) is 0 Å². The van der Waals surface area contributed by atoms with Gasteiger partial charge in [0.05, 0.1) is 0 Å². The molecule has 0 saturated carbocycles. The van der Waals surface area contributed by atoms with E-state index in [9.17, 15) is 0 Å². The largest absolute Gasteiger partial charge is 0.396 e. The van der Waals surface area contributed by atoms with Gasteiger partial charge in [0.15, 0.2) is 0 Å². The Bertz CT molecular complexity index is 142. The fourth-order valence-corrected chi connectivity index (χ4v) is 1.47. The fraction of sp³-hybridized carbons (Fsp3) is 1.00. The van der Waals surface area contributed by atoms with Crippen molar-refractivity contribution in [3.8, 4) is 0 Å². The van der Waals surface area contributed by atoms with E-state index >= 15 is 0 Å². The molecular formula is C10H22N2O. The van der Waals surface area contributed by atoms with Gasteiger partial charge in [-0.05, 0) is 18.4 Å². The van der Waals surface area contributed by atoms with Gasteiger partial charge in [0, 0.05) is 32.8 Å². The lowest BCUT2D eigenvalue weighted by Crippen LogP contribution is -2.44. The summed E-state index contributed by atoms with van der Waals surface area (Å²) in [5, 5.41) is 12.4. The van der Waals surface area contributed by atoms with Gasteiger partial charge in [-0.1, -0.05) is 13.8 Å². The minimum absolute atomic E-state index is 0.0882. The monoisotopic (exact) mass is 186 g/mol. The molecule has 2 N–H and O–H groups in total. The molecule has 0 amide bonds. The maximum Gasteiger partial charge on any atom is 0.0482 e. The second-order valence-corrected chi connectivity index (χ2v) is 4.66. The fourth-order valence-electron chi connectivity index (χ4n) is 1.47. The van der Waals surface area contributed by atoms with Crippen molar-refractivity contribution in [3.05, 3.63) is 0 Å². The first-order valence-corrected chi connectivity index (χ1v) is 5.18. The quantitative estimate of drug-likeness (QED) is 0.663. The summed E-state index contributed by atoms with van der Waals surface area (Å²) < 4.78 is 0. The number of nitrogens with one attached hydrogen (secondary N) is 1. The molecule has 1 fully saturated rings. The lowest BCUT2D eigenvalue weighted by Gasteiger charge is -2.30. The van der Waals surface area contributed by atoms with Gasteiger partial charge in [-0.15, -0.1) is 0 Å². The molecule has 78 valence electrons. The molecule has 0 unspecified atom stereocenters. The van der Waals surface area contributed by atoms with Crippen LogP contribution in [0.15, 0.2) is 0 Å². The molecule has 3 heteroatoms. The first-order chi connectivity index (χ1) is 6.14. The van der Waals surface area contributed by atoms with Crippen LogP contribution in [0.2, 0.25) is 0 Å². The molecular weight excluding hydrogens is 164 g/mol. The Kier molecular flexibility index (Phi) is 4.16. The maximum atomic E-state index is 9.09. The smallest absolute Gasteiger partial charge is 0.0482 e. The molecule has 0 aliphatic carbocycles. The topological polar surface area (TPSA) is 35.5 Å². The molecule has 0 aromatic carbocycles. The lowest BCUT2D eigenvalue weighted by atomic mass is 9.90. The summed E-state index contributed by atoms with van der Waals surface area (Å²) in [4.78, 5) is 2.47. The molecule has 0 aromatic rings. The Hall–Kier alpha value is -0.120. The molecule has 0 spiro atoms. The van der Waals surface area contributed by atoms with Crippen LogP contribution in [0, 0.1) is 5.41 Å². The predicted molar refractivity (Wildman–Crippen MR) is 54.8 cm³/mol. The summed E-state index contributed by atoms with van der Waals surface area (Å²) in [6, 6.07) is 0. The predicted octanol–water partition coefficient (Wildman–Crippen LogP) is 0.300. The molecule has 1 aliphatic rings. The highest BCUT2D eigenvalue weighted by atomic mass is 16.3. The molecule has 0 bridgehead atoms. The third-order valence-electron chi connectivity index (χ3n) is 2.74. The van der Waals surface area contributed by atoms with Crippen molar-refractivity contribution >= 4 is 0 Å². The SMILES string of the molecule is CC(C)(CO)CCN1CCNCC1. The Morgan fingerprint density at radius 1 is 1.31 bits per heavy atom. The van der Waals surface area contributed by atoms with E-state index in [0.717, 1.165) is 39.1 Å². The zero-order chi connectivity index (χ0) is 9.73. The van der Waals surface area contributed by atoms with Crippen LogP contribution in [-0.2, 0) is 0 Å². The van der Waals surface area contributed by atoms with Gasteiger partial charge >= 0.3 is 0 Å². The third-order valence-corrected chi connectivity index (χ3v) is 2.74. The number of hydrogen-bond acceptors (Lipinski definition) is 3. The highest BCUT2D eigenvalue weighted by molar-refractivity contribution is 4.73. The molecule has 0 aromatic heterocycles. The third kappa shape index (κ3) is 4.07. The van der Waals surface area contributed by atoms with Crippen molar-refractivity contribution in [2.24, 2.45) is 5.41 Å². The van der Waals surface area contributed by atoms with E-state index in [4.69, 9.17) is 5.11 Å². The molecule has 1 rings (SSSR count). The van der Waals surface area contributed by atoms with E-state index in [0.29, 0.717) is 6.61 Å². The highest BCUT2D eigenvalue weighted by Gasteiger charge is 2.18. The standard InChI is InChI=1S/C10H22N2O/c1-10(2,9-13)3-6-12-7-4-11-5-8-12/h11,13H,3-9H2,1-2H3. The Labute approximate surface area is 81.1 Å². The number of hydrogen-bond donors (Lipinski definition) is 2. The Balaban J connectivity index is 2.17. The first kappa shape index (κ1) is 11.0. The highest BCUT2D eigenvalue weighted by Crippen LogP contribution is 2.19. The zero-order valence-electron chi connectivity index (χ0n) is 8.84. The minimum atomic E-state index is 0.0882. The van der Waals surface area contributed by atoms with E-state index in [1.54, 1.807) is 0 Å². The van der Waals surface area contributed by atoms with Crippen molar-refractivity contribution in [1.29, 1.82) is 0 Å². The van der Waals surface area contributed by atoms with Gasteiger partial charge in [0.25, 0.3) is 0 Å². The number of aliphatic hydroxyl groups excluding tert-OH is 1. The summed E-state index contributed by atoms with van der Waals surface area (Å²) >= 11 is 0. The van der Waals surface area contributed by atoms with Gasteiger partial charge in [-0.25, -0.2) is 0 Å². The average molecular weight is 186 g/mol. The van der Waals surface area contributed by atoms with Crippen LogP contribution in [0.5, 0.6) is 0 Å². The first-order valence-electron chi connectivity index (χ1n) is 5.18. The van der Waals surface area contributed by atoms with E-state index in [2.05, 4.69) is 24.1 Å². The van der Waals surface area contributed by atoms with Crippen LogP contribution in [0.25, 0.3) is 0 Å². The molecule has 3 nitrogen and oxygen atoms in total. The van der Waals surface area contributed by atoms with Crippen LogP contribution in [0.3, 0.4) is 0 Å². The maximum absolute atomic E-state index is 9.09. The molecule has 1 aliphatic heterocycles. The lowest BCUT2D eigenvalue weighted by molar-refractivity contribution is 0.125. The van der Waals surface area contributed by atoms with Crippen LogP contribution in [-0.4, -0.2) is 49.3 Å². The number of rotatable bonds is 4. The summed E-state index contributed by atoms with van der Waals surface area (Å²) in [6.45, 7) is 10.2. The van der Waals surface area contributed by atoms with Crippen molar-refractivity contribution in [1.82, 2.24) is 10.2 Å². The second-order valence-electron chi connectivity index (χ2n) is 4.66. The van der Waals surface area contributed by atoms with Crippen molar-refractivity contribution < 1.29 is 5.11 Å². The van der Waals surface area contributed by atoms with Crippen LogP contribution in [0.4, 0.5) is 0 Å². The summed E-state index contributed by atoms with van der Waals surface area (Å²) in [7, 11) is 0. The van der Waals surface area contributed by atoms with Crippen LogP contribution >= 0.6 is 0 Å². The van der Waals surface area contributed by atoms with Crippen LogP contribution < -0.4 is 5.32 Å². The molecule has 1 heterocycles. The number of nitrogens with zero attached hydrogens (tertiary/aromatic N) is 1. The van der Waals surface area contributed by atoms with Crippen molar-refractivity contribution in [3.63, 3.8) is 0 Å². The molecule has 13 heavy (non-hydrogen) atoms. The van der Waals surface area contributed by atoms with Crippen molar-refractivity contribution in [2.75, 3.05) is 39.3 Å². The van der Waals surface area contributed by atoms with E-state index in [1.807, 2.05) is 0 Å². The summed E-state index contributed by atoms with van der Waals surface area (Å²) in [6.07, 6.45) is 1.09. The zero-order valence-corrected chi connectivity index (χ0v) is 8.84. The molecule has 0 atom stereocenters. The minimum Gasteiger partial charge on any atom is -0.396 e. The number of piperazine rings is 1. The molecule has 1 saturated heterocycles. The van der Waals surface area contributed by atoms with E-state index in [1.165, 1.54) is 0 Å². The Morgan fingerprint density at radius 2 is 1.92 bits per heavy atom. The van der Waals surface area contributed by atoms with E-state index < -0.39 is 0 Å². The second kappa shape index (κ2) is 4.94. The van der Waals surface area contributed by atoms with Gasteiger partial charge in [-0.3, -0.25) is 0 Å². The normalized spacial score (nSPS) is 20.5. The van der Waals surface area contributed by atoms with Gasteiger partial charge in [-0.2, -0.15) is 0 Å². The van der Waals surface area contributed by atoms with Crippen LogP contribution in [0.1, 0.15) is 20.3 Å². The summed E-state index contributed by atoms with van der Waals surface area (Å²) in [5.74, 6) is 0. The van der Waals surface area contributed by atoms with Crippen molar-refractivity contribution in [2.45, 2.75) is 20.3 Å². The average Bonchev–Trinajstić information content (AvgIpc) is 2.17. The van der Waals surface area contributed by atoms with Gasteiger partial charge in [0.2, 0.25) is 0 Å². The molecule has 0 radical (unpaired) electrons.